The number of halogens is 2. The Bertz CT molecular complexity index is 459. The second-order valence-electron chi connectivity index (χ2n) is 3.32. The van der Waals surface area contributed by atoms with E-state index in [0.29, 0.717) is 6.54 Å². The molecule has 0 aliphatic rings. The first-order valence-electron chi connectivity index (χ1n) is 4.78. The average molecular weight is 257 g/mol. The molecule has 0 bridgehead atoms. The van der Waals surface area contributed by atoms with Crippen molar-refractivity contribution in [3.63, 3.8) is 0 Å². The summed E-state index contributed by atoms with van der Waals surface area (Å²) < 4.78 is 12.9. The quantitative estimate of drug-likeness (QED) is 0.909. The standard InChI is InChI=1S/C11H10ClFN2S/c12-10-3-8(1-2-11(10)13)4-14-5-9-6-15-7-16-9/h1-3,6-7,14H,4-5H2. The van der Waals surface area contributed by atoms with Crippen molar-refractivity contribution in [3.8, 4) is 0 Å². The summed E-state index contributed by atoms with van der Waals surface area (Å²) in [5.41, 5.74) is 2.77. The number of thiazole rings is 1. The fourth-order valence-corrected chi connectivity index (χ4v) is 2.08. The van der Waals surface area contributed by atoms with Crippen LogP contribution in [0.25, 0.3) is 0 Å². The molecule has 84 valence electrons. The molecule has 1 N–H and O–H groups in total. The predicted octanol–water partition coefficient (Wildman–Crippen LogP) is 3.23. The van der Waals surface area contributed by atoms with Crippen molar-refractivity contribution in [2.45, 2.75) is 13.1 Å². The summed E-state index contributed by atoms with van der Waals surface area (Å²) in [5.74, 6) is -0.382. The first-order valence-corrected chi connectivity index (χ1v) is 6.03. The molecule has 5 heteroatoms. The Balaban J connectivity index is 1.87. The van der Waals surface area contributed by atoms with Gasteiger partial charge in [0, 0.05) is 24.2 Å². The van der Waals surface area contributed by atoms with E-state index in [9.17, 15) is 4.39 Å². The molecule has 1 aromatic heterocycles. The van der Waals surface area contributed by atoms with Gasteiger partial charge in [0.1, 0.15) is 5.82 Å². The van der Waals surface area contributed by atoms with Crippen molar-refractivity contribution in [1.29, 1.82) is 0 Å². The molecular formula is C11H10ClFN2S. The first kappa shape index (κ1) is 11.5. The molecule has 0 radical (unpaired) electrons. The molecule has 1 heterocycles. The van der Waals surface area contributed by atoms with Crippen LogP contribution in [0.15, 0.2) is 29.9 Å². The Morgan fingerprint density at radius 2 is 2.25 bits per heavy atom. The van der Waals surface area contributed by atoms with Gasteiger partial charge < -0.3 is 5.32 Å². The highest BCUT2D eigenvalue weighted by atomic mass is 35.5. The molecule has 16 heavy (non-hydrogen) atoms. The number of benzene rings is 1. The average Bonchev–Trinajstić information content (AvgIpc) is 2.76. The van der Waals surface area contributed by atoms with Gasteiger partial charge in [-0.1, -0.05) is 17.7 Å². The molecule has 0 atom stereocenters. The predicted molar refractivity (Wildman–Crippen MR) is 64.1 cm³/mol. The van der Waals surface area contributed by atoms with Crippen molar-refractivity contribution >= 4 is 22.9 Å². The van der Waals surface area contributed by atoms with E-state index in [1.54, 1.807) is 29.0 Å². The van der Waals surface area contributed by atoms with E-state index in [0.717, 1.165) is 12.1 Å². The van der Waals surface area contributed by atoms with Gasteiger partial charge in [-0.2, -0.15) is 0 Å². The number of hydrogen-bond donors (Lipinski definition) is 1. The van der Waals surface area contributed by atoms with Crippen LogP contribution in [0.4, 0.5) is 4.39 Å². The summed E-state index contributed by atoms with van der Waals surface area (Å²) in [7, 11) is 0. The highest BCUT2D eigenvalue weighted by Gasteiger charge is 2.00. The van der Waals surface area contributed by atoms with Crippen LogP contribution >= 0.6 is 22.9 Å². The summed E-state index contributed by atoms with van der Waals surface area (Å²) in [5, 5.41) is 3.40. The third-order valence-corrected chi connectivity index (χ3v) is 3.17. The number of nitrogens with zero attached hydrogens (tertiary/aromatic N) is 1. The fourth-order valence-electron chi connectivity index (χ4n) is 1.31. The van der Waals surface area contributed by atoms with E-state index in [2.05, 4.69) is 10.3 Å². The summed E-state index contributed by atoms with van der Waals surface area (Å²) in [4.78, 5) is 5.16. The number of rotatable bonds is 4. The van der Waals surface area contributed by atoms with Gasteiger partial charge in [0.25, 0.3) is 0 Å². The Kier molecular flexibility index (Phi) is 3.88. The van der Waals surface area contributed by atoms with Crippen LogP contribution in [0.2, 0.25) is 5.02 Å². The van der Waals surface area contributed by atoms with Crippen molar-refractivity contribution in [2.24, 2.45) is 0 Å². The van der Waals surface area contributed by atoms with E-state index < -0.39 is 0 Å². The van der Waals surface area contributed by atoms with Crippen LogP contribution in [0.3, 0.4) is 0 Å². The van der Waals surface area contributed by atoms with Crippen LogP contribution in [0.1, 0.15) is 10.4 Å². The molecular weight excluding hydrogens is 247 g/mol. The molecule has 0 fully saturated rings. The third kappa shape index (κ3) is 3.01. The molecule has 0 unspecified atom stereocenters. The van der Waals surface area contributed by atoms with Gasteiger partial charge in [0.2, 0.25) is 0 Å². The molecule has 0 aliphatic heterocycles. The minimum absolute atomic E-state index is 0.164. The molecule has 1 aromatic carbocycles. The number of nitrogens with one attached hydrogen (secondary N) is 1. The van der Waals surface area contributed by atoms with Crippen molar-refractivity contribution in [3.05, 3.63) is 51.2 Å². The van der Waals surface area contributed by atoms with Crippen LogP contribution < -0.4 is 5.32 Å². The van der Waals surface area contributed by atoms with Gasteiger partial charge in [-0.3, -0.25) is 4.98 Å². The Morgan fingerprint density at radius 1 is 1.38 bits per heavy atom. The summed E-state index contributed by atoms with van der Waals surface area (Å²) in [6, 6.07) is 4.74. The molecule has 2 aromatic rings. The number of aromatic nitrogens is 1. The SMILES string of the molecule is Fc1ccc(CNCc2cncs2)cc1Cl. The summed E-state index contributed by atoms with van der Waals surface area (Å²) in [6.45, 7) is 1.43. The van der Waals surface area contributed by atoms with Crippen molar-refractivity contribution in [1.82, 2.24) is 10.3 Å². The lowest BCUT2D eigenvalue weighted by atomic mass is 10.2. The van der Waals surface area contributed by atoms with Gasteiger partial charge in [-0.05, 0) is 17.7 Å². The molecule has 0 saturated heterocycles. The summed E-state index contributed by atoms with van der Waals surface area (Å²) >= 11 is 7.29. The molecule has 0 aliphatic carbocycles. The van der Waals surface area contributed by atoms with E-state index in [1.807, 2.05) is 6.20 Å². The van der Waals surface area contributed by atoms with Gasteiger partial charge in [-0.25, -0.2) is 4.39 Å². The van der Waals surface area contributed by atoms with Gasteiger partial charge in [0.05, 0.1) is 10.5 Å². The second-order valence-corrected chi connectivity index (χ2v) is 4.70. The Morgan fingerprint density at radius 3 is 2.94 bits per heavy atom. The van der Waals surface area contributed by atoms with Crippen LogP contribution in [-0.4, -0.2) is 4.98 Å². The molecule has 0 spiro atoms. The Labute approximate surface area is 102 Å². The molecule has 0 amide bonds. The van der Waals surface area contributed by atoms with E-state index in [-0.39, 0.29) is 10.8 Å². The maximum Gasteiger partial charge on any atom is 0.141 e. The first-order chi connectivity index (χ1) is 7.75. The van der Waals surface area contributed by atoms with Gasteiger partial charge >= 0.3 is 0 Å². The lowest BCUT2D eigenvalue weighted by Gasteiger charge is -2.04. The highest BCUT2D eigenvalue weighted by Crippen LogP contribution is 2.16. The van der Waals surface area contributed by atoms with Crippen LogP contribution in [0.5, 0.6) is 0 Å². The number of hydrogen-bond acceptors (Lipinski definition) is 3. The zero-order valence-electron chi connectivity index (χ0n) is 8.41. The lowest BCUT2D eigenvalue weighted by Crippen LogP contribution is -2.11. The molecule has 2 nitrogen and oxygen atoms in total. The largest absolute Gasteiger partial charge is 0.308 e. The van der Waals surface area contributed by atoms with Crippen molar-refractivity contribution < 1.29 is 4.39 Å². The Hall–Kier alpha value is -0.970. The minimum atomic E-state index is -0.382. The second kappa shape index (κ2) is 5.39. The van der Waals surface area contributed by atoms with Crippen LogP contribution in [-0.2, 0) is 13.1 Å². The van der Waals surface area contributed by atoms with Gasteiger partial charge in [-0.15, -0.1) is 11.3 Å². The topological polar surface area (TPSA) is 24.9 Å². The maximum atomic E-state index is 12.9. The highest BCUT2D eigenvalue weighted by molar-refractivity contribution is 7.09. The monoisotopic (exact) mass is 256 g/mol. The van der Waals surface area contributed by atoms with Crippen molar-refractivity contribution in [2.75, 3.05) is 0 Å². The zero-order chi connectivity index (χ0) is 11.4. The van der Waals surface area contributed by atoms with E-state index >= 15 is 0 Å². The molecule has 0 saturated carbocycles. The third-order valence-electron chi connectivity index (χ3n) is 2.10. The van der Waals surface area contributed by atoms with Gasteiger partial charge in [0.15, 0.2) is 0 Å². The van der Waals surface area contributed by atoms with E-state index in [4.69, 9.17) is 11.6 Å². The van der Waals surface area contributed by atoms with Crippen LogP contribution in [0, 0.1) is 5.82 Å². The van der Waals surface area contributed by atoms with E-state index in [1.165, 1.54) is 10.9 Å². The minimum Gasteiger partial charge on any atom is -0.308 e. The normalized spacial score (nSPS) is 10.6. The lowest BCUT2D eigenvalue weighted by molar-refractivity contribution is 0.625. The zero-order valence-corrected chi connectivity index (χ0v) is 9.98. The molecule has 2 rings (SSSR count). The maximum absolute atomic E-state index is 12.9. The fraction of sp³-hybridized carbons (Fsp3) is 0.182. The smallest absolute Gasteiger partial charge is 0.141 e. The summed E-state index contributed by atoms with van der Waals surface area (Å²) in [6.07, 6.45) is 1.83.